The third kappa shape index (κ3) is 6.42. The van der Waals surface area contributed by atoms with E-state index in [0.717, 1.165) is 50.9 Å². The second kappa shape index (κ2) is 12.8. The first kappa shape index (κ1) is 31.8. The van der Waals surface area contributed by atoms with Crippen LogP contribution in [0.25, 0.3) is 54.5 Å². The van der Waals surface area contributed by atoms with Gasteiger partial charge in [-0.2, -0.15) is 0 Å². The number of aromatic nitrogens is 2. The Hall–Kier alpha value is -3.63. The van der Waals surface area contributed by atoms with Crippen LogP contribution in [0.2, 0.25) is 0 Å². The normalized spacial score (nSPS) is 11.4. The Morgan fingerprint density at radius 1 is 0.795 bits per heavy atom. The number of nitrogens with zero attached hydrogens (tertiary/aromatic N) is 2. The molecule has 0 aliphatic heterocycles. The number of benzene rings is 3. The fraction of sp³-hybridized carbons (Fsp3) is 0.231. The summed E-state index contributed by atoms with van der Waals surface area (Å²) in [5.41, 5.74) is 11.0. The summed E-state index contributed by atoms with van der Waals surface area (Å²) >= 11 is 1.83. The van der Waals surface area contributed by atoms with E-state index in [2.05, 4.69) is 89.0 Å². The first-order valence-corrected chi connectivity index (χ1v) is 15.5. The Bertz CT molecular complexity index is 2070. The van der Waals surface area contributed by atoms with Crippen LogP contribution in [-0.2, 0) is 26.5 Å². The molecule has 7 aromatic rings. The molecule has 0 saturated carbocycles. The molecular formula is C39H36IrN2OS-2. The molecule has 0 bridgehead atoms. The molecule has 0 atom stereocenters. The smallest absolute Gasteiger partial charge is 0.129 e. The third-order valence-corrected chi connectivity index (χ3v) is 8.99. The monoisotopic (exact) mass is 773 g/mol. The van der Waals surface area contributed by atoms with Crippen molar-refractivity contribution in [3.05, 3.63) is 118 Å². The fourth-order valence-corrected chi connectivity index (χ4v) is 6.55. The molecule has 7 rings (SSSR count). The first-order valence-electron chi connectivity index (χ1n) is 14.7. The number of furan rings is 1. The predicted molar refractivity (Wildman–Crippen MR) is 182 cm³/mol. The van der Waals surface area contributed by atoms with Gasteiger partial charge >= 0.3 is 0 Å². The zero-order valence-corrected chi connectivity index (χ0v) is 29.5. The van der Waals surface area contributed by atoms with E-state index in [1.165, 1.54) is 37.2 Å². The van der Waals surface area contributed by atoms with Crippen molar-refractivity contribution in [2.24, 2.45) is 5.41 Å². The number of hydrogen-bond acceptors (Lipinski definition) is 4. The van der Waals surface area contributed by atoms with E-state index < -0.39 is 0 Å². The van der Waals surface area contributed by atoms with Gasteiger partial charge in [-0.15, -0.1) is 65.4 Å². The standard InChI is InChI=1S/C27H26NOS.C12H10N.Ir/c1-15-14-28-22(12-18(15)13-27(4,5)6)21-9-7-8-19-20-10-11-23-24(16(2)17(3)30-23)26(20)29-25(19)21;1-10-7-8-12(13-9-10)11-5-3-2-4-6-11;/h7-8,10-12,14H,13H2,1-6H3;2-5,7-9H,1H3;/q2*-1;. The molecule has 225 valence electrons. The number of fused-ring (bicyclic) bond motifs is 5. The van der Waals surface area contributed by atoms with E-state index in [0.29, 0.717) is 0 Å². The van der Waals surface area contributed by atoms with Crippen molar-refractivity contribution in [1.29, 1.82) is 0 Å². The summed E-state index contributed by atoms with van der Waals surface area (Å²) in [6, 6.07) is 29.2. The molecule has 0 N–H and O–H groups in total. The summed E-state index contributed by atoms with van der Waals surface area (Å²) in [7, 11) is 0. The van der Waals surface area contributed by atoms with Crippen LogP contribution >= 0.6 is 11.3 Å². The molecule has 4 aromatic heterocycles. The molecule has 0 aliphatic rings. The van der Waals surface area contributed by atoms with Crippen molar-refractivity contribution in [2.45, 2.75) is 54.9 Å². The quantitative estimate of drug-likeness (QED) is 0.168. The van der Waals surface area contributed by atoms with Gasteiger partial charge in [-0.3, -0.25) is 0 Å². The largest absolute Gasteiger partial charge is 0.500 e. The Morgan fingerprint density at radius 3 is 2.27 bits per heavy atom. The van der Waals surface area contributed by atoms with Gasteiger partial charge in [0.15, 0.2) is 0 Å². The van der Waals surface area contributed by atoms with Gasteiger partial charge in [-0.05, 0) is 73.7 Å². The maximum atomic E-state index is 6.55. The van der Waals surface area contributed by atoms with Crippen molar-refractivity contribution in [3.63, 3.8) is 0 Å². The van der Waals surface area contributed by atoms with Gasteiger partial charge in [0.05, 0.1) is 5.58 Å². The van der Waals surface area contributed by atoms with E-state index in [-0.39, 0.29) is 25.5 Å². The Balaban J connectivity index is 0.000000230. The van der Waals surface area contributed by atoms with E-state index >= 15 is 0 Å². The van der Waals surface area contributed by atoms with Gasteiger partial charge in [0.1, 0.15) is 5.58 Å². The molecule has 0 aliphatic carbocycles. The number of rotatable bonds is 3. The average molecular weight is 773 g/mol. The van der Waals surface area contributed by atoms with E-state index in [4.69, 9.17) is 9.40 Å². The van der Waals surface area contributed by atoms with Gasteiger partial charge in [0.25, 0.3) is 0 Å². The van der Waals surface area contributed by atoms with E-state index in [1.807, 2.05) is 67.1 Å². The fourth-order valence-electron chi connectivity index (χ4n) is 5.48. The maximum Gasteiger partial charge on any atom is 0.129 e. The topological polar surface area (TPSA) is 38.9 Å². The van der Waals surface area contributed by atoms with Crippen molar-refractivity contribution < 1.29 is 24.5 Å². The minimum Gasteiger partial charge on any atom is -0.500 e. The van der Waals surface area contributed by atoms with Crippen LogP contribution in [0.4, 0.5) is 0 Å². The maximum absolute atomic E-state index is 6.55. The van der Waals surface area contributed by atoms with Crippen LogP contribution in [0.1, 0.15) is 47.9 Å². The van der Waals surface area contributed by atoms with Gasteiger partial charge in [0.2, 0.25) is 0 Å². The molecule has 1 radical (unpaired) electrons. The minimum atomic E-state index is 0. The van der Waals surface area contributed by atoms with Crippen LogP contribution in [0.3, 0.4) is 0 Å². The molecule has 3 aromatic carbocycles. The molecule has 0 fully saturated rings. The molecule has 0 spiro atoms. The Labute approximate surface area is 277 Å². The molecule has 4 heterocycles. The molecule has 3 nitrogen and oxygen atoms in total. The average Bonchev–Trinajstić information content (AvgIpc) is 3.51. The molecule has 0 unspecified atom stereocenters. The molecule has 0 amide bonds. The Morgan fingerprint density at radius 2 is 1.57 bits per heavy atom. The zero-order valence-electron chi connectivity index (χ0n) is 26.3. The van der Waals surface area contributed by atoms with Crippen LogP contribution in [0.15, 0.2) is 83.5 Å². The summed E-state index contributed by atoms with van der Waals surface area (Å²) in [5.74, 6) is 0. The first-order chi connectivity index (χ1) is 20.6. The van der Waals surface area contributed by atoms with E-state index in [1.54, 1.807) is 0 Å². The van der Waals surface area contributed by atoms with Crippen molar-refractivity contribution >= 4 is 43.4 Å². The van der Waals surface area contributed by atoms with Gasteiger partial charge < -0.3 is 14.4 Å². The Kier molecular flexibility index (Phi) is 9.22. The summed E-state index contributed by atoms with van der Waals surface area (Å²) in [6.07, 6.45) is 4.87. The molecule has 5 heteroatoms. The number of aryl methyl sites for hydroxylation is 4. The SMILES string of the molecule is Cc1ccc(-c2[c-]cccc2)nc1.Cc1cnc(-c2[c-]ccc3c2oc2c3ccc3sc(C)c(C)c32)cc1CC(C)(C)C.[Ir]. The molecule has 0 saturated heterocycles. The molecule has 44 heavy (non-hydrogen) atoms. The summed E-state index contributed by atoms with van der Waals surface area (Å²) in [5, 5.41) is 3.53. The summed E-state index contributed by atoms with van der Waals surface area (Å²) < 4.78 is 7.83. The second-order valence-corrected chi connectivity index (χ2v) is 13.8. The number of thiophene rings is 1. The van der Waals surface area contributed by atoms with Crippen LogP contribution in [-0.4, -0.2) is 9.97 Å². The zero-order chi connectivity index (χ0) is 30.3. The number of pyridine rings is 2. The third-order valence-electron chi connectivity index (χ3n) is 7.82. The van der Waals surface area contributed by atoms with Gasteiger partial charge in [-0.25, -0.2) is 0 Å². The minimum absolute atomic E-state index is 0. The van der Waals surface area contributed by atoms with Crippen LogP contribution in [0, 0.1) is 45.2 Å². The van der Waals surface area contributed by atoms with Crippen molar-refractivity contribution in [1.82, 2.24) is 9.97 Å². The molecular weight excluding hydrogens is 737 g/mol. The van der Waals surface area contributed by atoms with Crippen molar-refractivity contribution in [2.75, 3.05) is 0 Å². The summed E-state index contributed by atoms with van der Waals surface area (Å²) in [6.45, 7) is 15.4. The number of hydrogen-bond donors (Lipinski definition) is 0. The van der Waals surface area contributed by atoms with Gasteiger partial charge in [0, 0.05) is 52.8 Å². The second-order valence-electron chi connectivity index (χ2n) is 12.5. The summed E-state index contributed by atoms with van der Waals surface area (Å²) in [4.78, 5) is 10.4. The predicted octanol–water partition coefficient (Wildman–Crippen LogP) is 11.0. The van der Waals surface area contributed by atoms with Crippen LogP contribution < -0.4 is 0 Å². The van der Waals surface area contributed by atoms with Gasteiger partial charge in [-0.1, -0.05) is 61.5 Å². The van der Waals surface area contributed by atoms with E-state index in [9.17, 15) is 0 Å². The van der Waals surface area contributed by atoms with Crippen molar-refractivity contribution in [3.8, 4) is 22.5 Å². The van der Waals surface area contributed by atoms with Crippen LogP contribution in [0.5, 0.6) is 0 Å².